The Kier molecular flexibility index (Phi) is 8.15. The maximum atomic E-state index is 13.6. The molecule has 0 aliphatic heterocycles. The molecule has 3 aromatic rings. The summed E-state index contributed by atoms with van der Waals surface area (Å²) < 4.78 is 34.0. The van der Waals surface area contributed by atoms with Gasteiger partial charge in [-0.1, -0.05) is 49.7 Å². The third-order valence-electron chi connectivity index (χ3n) is 4.86. The highest BCUT2D eigenvalue weighted by Gasteiger charge is 2.33. The lowest BCUT2D eigenvalue weighted by Crippen LogP contribution is -2.37. The minimum Gasteiger partial charge on any atom is -0.425 e. The summed E-state index contributed by atoms with van der Waals surface area (Å²) in [6.07, 6.45) is 1.38. The average Bonchev–Trinajstić information content (AvgIpc) is 2.77. The number of rotatable bonds is 8. The molecule has 3 rings (SSSR count). The number of esters is 1. The Hall–Kier alpha value is -2.42. The molecule has 3 aromatic carbocycles. The predicted octanol–water partition coefficient (Wildman–Crippen LogP) is 6.48. The first kappa shape index (κ1) is 25.2. The number of carbonyl (C=O) groups is 2. The van der Waals surface area contributed by atoms with Crippen LogP contribution in [-0.2, 0) is 19.6 Å². The Labute approximate surface area is 206 Å². The molecule has 0 unspecified atom stereocenters. The molecule has 0 aliphatic rings. The number of fused-ring (bicyclic) bond motifs is 1. The topological polar surface area (TPSA) is 80.8 Å². The number of ether oxygens (including phenoxy) is 1. The van der Waals surface area contributed by atoms with Gasteiger partial charge in [0.1, 0.15) is 0 Å². The largest absolute Gasteiger partial charge is 0.425 e. The minimum atomic E-state index is -4.25. The Morgan fingerprint density at radius 1 is 0.970 bits per heavy atom. The molecule has 0 fully saturated rings. The fourth-order valence-electron chi connectivity index (χ4n) is 3.36. The first-order valence-electron chi connectivity index (χ1n) is 10.5. The molecular formula is C24H23BrClNO5S. The number of benzene rings is 3. The highest BCUT2D eigenvalue weighted by Crippen LogP contribution is 2.42. The van der Waals surface area contributed by atoms with Gasteiger partial charge in [0.05, 0.1) is 15.1 Å². The van der Waals surface area contributed by atoms with Crippen LogP contribution in [0.25, 0.3) is 10.8 Å². The van der Waals surface area contributed by atoms with Crippen LogP contribution in [0.4, 0.5) is 5.69 Å². The lowest BCUT2D eigenvalue weighted by molar-refractivity contribution is -0.134. The molecule has 9 heteroatoms. The van der Waals surface area contributed by atoms with E-state index in [1.165, 1.54) is 30.3 Å². The summed E-state index contributed by atoms with van der Waals surface area (Å²) in [6.45, 7) is 3.67. The van der Waals surface area contributed by atoms with Crippen LogP contribution in [-0.4, -0.2) is 20.3 Å². The number of hydrogen-bond acceptors (Lipinski definition) is 5. The van der Waals surface area contributed by atoms with Crippen molar-refractivity contribution in [3.8, 4) is 5.75 Å². The van der Waals surface area contributed by atoms with E-state index in [-0.39, 0.29) is 29.2 Å². The van der Waals surface area contributed by atoms with Crippen LogP contribution in [0.2, 0.25) is 5.02 Å². The molecule has 0 bridgehead atoms. The summed E-state index contributed by atoms with van der Waals surface area (Å²) in [6, 6.07) is 14.0. The molecule has 6 nitrogen and oxygen atoms in total. The van der Waals surface area contributed by atoms with Crippen LogP contribution in [0.1, 0.15) is 39.5 Å². The minimum absolute atomic E-state index is 0.0337. The number of sulfonamides is 1. The second-order valence-electron chi connectivity index (χ2n) is 7.34. The Morgan fingerprint density at radius 2 is 1.58 bits per heavy atom. The first-order chi connectivity index (χ1) is 15.7. The van der Waals surface area contributed by atoms with E-state index in [9.17, 15) is 18.0 Å². The van der Waals surface area contributed by atoms with Crippen molar-refractivity contribution < 1.29 is 22.7 Å². The lowest BCUT2D eigenvalue weighted by atomic mass is 10.1. The van der Waals surface area contributed by atoms with E-state index in [1.54, 1.807) is 31.2 Å². The van der Waals surface area contributed by atoms with Gasteiger partial charge in [0.25, 0.3) is 10.0 Å². The number of carbonyl (C=O) groups excluding carboxylic acids is 2. The van der Waals surface area contributed by atoms with Gasteiger partial charge < -0.3 is 4.74 Å². The van der Waals surface area contributed by atoms with Crippen LogP contribution in [0, 0.1) is 0 Å². The second-order valence-corrected chi connectivity index (χ2v) is 10.4. The molecule has 0 atom stereocenters. The zero-order chi connectivity index (χ0) is 24.2. The number of hydrogen-bond donors (Lipinski definition) is 0. The van der Waals surface area contributed by atoms with Crippen molar-refractivity contribution in [2.45, 2.75) is 44.4 Å². The van der Waals surface area contributed by atoms with Crippen molar-refractivity contribution in [2.75, 3.05) is 4.31 Å². The maximum Gasteiger partial charge on any atom is 0.311 e. The molecule has 33 heavy (non-hydrogen) atoms. The molecule has 0 saturated heterocycles. The highest BCUT2D eigenvalue weighted by molar-refractivity contribution is 9.10. The quantitative estimate of drug-likeness (QED) is 0.236. The van der Waals surface area contributed by atoms with E-state index in [1.807, 2.05) is 6.92 Å². The van der Waals surface area contributed by atoms with Crippen molar-refractivity contribution >= 4 is 65.9 Å². The van der Waals surface area contributed by atoms with E-state index < -0.39 is 21.9 Å². The van der Waals surface area contributed by atoms with Gasteiger partial charge in [-0.25, -0.2) is 12.7 Å². The second kappa shape index (κ2) is 10.7. The van der Waals surface area contributed by atoms with E-state index in [2.05, 4.69) is 15.9 Å². The van der Waals surface area contributed by atoms with E-state index in [4.69, 9.17) is 16.3 Å². The lowest BCUT2D eigenvalue weighted by Gasteiger charge is -2.25. The van der Waals surface area contributed by atoms with Crippen molar-refractivity contribution in [1.82, 2.24) is 0 Å². The average molecular weight is 553 g/mol. The SMILES string of the molecule is CCCC(=O)Oc1c(Br)cc(N(C(=O)CCC)S(=O)(=O)c2ccc(Cl)cc2)c2ccccc12. The van der Waals surface area contributed by atoms with Gasteiger partial charge in [0, 0.05) is 28.6 Å². The summed E-state index contributed by atoms with van der Waals surface area (Å²) >= 11 is 9.34. The van der Waals surface area contributed by atoms with E-state index in [0.29, 0.717) is 33.1 Å². The molecule has 0 spiro atoms. The summed E-state index contributed by atoms with van der Waals surface area (Å²) in [5.74, 6) is -0.691. The Bertz CT molecular complexity index is 1290. The van der Waals surface area contributed by atoms with Crippen LogP contribution in [0.15, 0.2) is 64.0 Å². The first-order valence-corrected chi connectivity index (χ1v) is 13.1. The molecular weight excluding hydrogens is 530 g/mol. The number of amides is 1. The fourth-order valence-corrected chi connectivity index (χ4v) is 5.46. The number of nitrogens with zero attached hydrogens (tertiary/aromatic N) is 1. The Morgan fingerprint density at radius 3 is 2.18 bits per heavy atom. The maximum absolute atomic E-state index is 13.6. The van der Waals surface area contributed by atoms with Crippen LogP contribution < -0.4 is 9.04 Å². The van der Waals surface area contributed by atoms with Gasteiger partial charge in [0.15, 0.2) is 5.75 Å². The van der Waals surface area contributed by atoms with Crippen LogP contribution in [0.5, 0.6) is 5.75 Å². The fraction of sp³-hybridized carbons (Fsp3) is 0.250. The normalized spacial score (nSPS) is 11.4. The molecule has 0 N–H and O–H groups in total. The molecule has 0 saturated carbocycles. The number of halogens is 2. The third-order valence-corrected chi connectivity index (χ3v) is 7.45. The predicted molar refractivity (Wildman–Crippen MR) is 133 cm³/mol. The van der Waals surface area contributed by atoms with Gasteiger partial charge in [0.2, 0.25) is 5.91 Å². The highest BCUT2D eigenvalue weighted by atomic mass is 79.9. The van der Waals surface area contributed by atoms with Crippen LogP contribution in [0.3, 0.4) is 0 Å². The number of anilines is 1. The zero-order valence-corrected chi connectivity index (χ0v) is 21.3. The van der Waals surface area contributed by atoms with Crippen molar-refractivity contribution in [1.29, 1.82) is 0 Å². The van der Waals surface area contributed by atoms with Crippen molar-refractivity contribution in [3.63, 3.8) is 0 Å². The van der Waals surface area contributed by atoms with Crippen molar-refractivity contribution in [2.24, 2.45) is 0 Å². The van der Waals surface area contributed by atoms with Gasteiger partial charge >= 0.3 is 5.97 Å². The van der Waals surface area contributed by atoms with Crippen LogP contribution >= 0.6 is 27.5 Å². The standard InChI is InChI=1S/C24H23BrClNO5S/c1-3-7-22(28)27(33(30,31)17-13-11-16(26)12-14-17)21-15-20(25)24(32-23(29)8-4-2)19-10-6-5-9-18(19)21/h5-6,9-15H,3-4,7-8H2,1-2H3. The van der Waals surface area contributed by atoms with E-state index in [0.717, 1.165) is 4.31 Å². The monoisotopic (exact) mass is 551 g/mol. The summed E-state index contributed by atoms with van der Waals surface area (Å²) in [4.78, 5) is 25.3. The molecule has 0 radical (unpaired) electrons. The van der Waals surface area contributed by atoms with Crippen molar-refractivity contribution in [3.05, 3.63) is 64.1 Å². The molecule has 1 amide bonds. The van der Waals surface area contributed by atoms with E-state index >= 15 is 0 Å². The molecule has 0 aromatic heterocycles. The smallest absolute Gasteiger partial charge is 0.311 e. The van der Waals surface area contributed by atoms with Gasteiger partial charge in [-0.05, 0) is 59.1 Å². The summed E-state index contributed by atoms with van der Waals surface area (Å²) in [5.41, 5.74) is 0.168. The van der Waals surface area contributed by atoms with Gasteiger partial charge in [-0.3, -0.25) is 9.59 Å². The zero-order valence-electron chi connectivity index (χ0n) is 18.2. The Balaban J connectivity index is 2.26. The van der Waals surface area contributed by atoms with Gasteiger partial charge in [-0.2, -0.15) is 0 Å². The molecule has 174 valence electrons. The molecule has 0 aliphatic carbocycles. The molecule has 0 heterocycles. The summed E-state index contributed by atoms with van der Waals surface area (Å²) in [5, 5.41) is 1.35. The third kappa shape index (κ3) is 5.39. The van der Waals surface area contributed by atoms with Gasteiger partial charge in [-0.15, -0.1) is 0 Å². The summed E-state index contributed by atoms with van der Waals surface area (Å²) in [7, 11) is -4.25.